The fraction of sp³-hybridized carbons (Fsp3) is 0.400. The molecular formula is C25H30ClN3O4. The highest BCUT2D eigenvalue weighted by Gasteiger charge is 2.23. The Bertz CT molecular complexity index is 1090. The normalized spacial score (nSPS) is 15.4. The van der Waals surface area contributed by atoms with Crippen molar-refractivity contribution in [1.82, 2.24) is 15.2 Å². The van der Waals surface area contributed by atoms with Crippen LogP contribution in [0.2, 0.25) is 5.02 Å². The fourth-order valence-corrected chi connectivity index (χ4v) is 4.49. The predicted octanol–water partition coefficient (Wildman–Crippen LogP) is 3.81. The topological polar surface area (TPSA) is 75.8 Å². The molecule has 2 heterocycles. The van der Waals surface area contributed by atoms with Gasteiger partial charge in [0.2, 0.25) is 5.91 Å². The van der Waals surface area contributed by atoms with Crippen LogP contribution >= 0.6 is 11.6 Å². The van der Waals surface area contributed by atoms with E-state index in [9.17, 15) is 4.79 Å². The molecule has 1 saturated heterocycles. The maximum Gasteiger partial charge on any atom is 0.220 e. The molecule has 1 aliphatic heterocycles. The maximum absolute atomic E-state index is 13.0. The van der Waals surface area contributed by atoms with E-state index in [0.29, 0.717) is 29.5 Å². The van der Waals surface area contributed by atoms with Crippen LogP contribution in [0, 0.1) is 0 Å². The maximum atomic E-state index is 13.0. The van der Waals surface area contributed by atoms with Crippen LogP contribution < -0.4 is 14.8 Å². The number of hydrogen-bond donors (Lipinski definition) is 2. The SMILES string of the molecule is COc1ccc(C(CC(=O)NCCN2CCOCC2)c2c[nH]c3ccc(Cl)cc23)cc1OC. The van der Waals surface area contributed by atoms with E-state index >= 15 is 0 Å². The van der Waals surface area contributed by atoms with Crippen molar-refractivity contribution >= 4 is 28.4 Å². The molecule has 7 nitrogen and oxygen atoms in total. The number of H-pyrrole nitrogens is 1. The summed E-state index contributed by atoms with van der Waals surface area (Å²) >= 11 is 6.29. The number of nitrogens with one attached hydrogen (secondary N) is 2. The molecule has 0 bridgehead atoms. The van der Waals surface area contributed by atoms with Crippen LogP contribution in [0.5, 0.6) is 11.5 Å². The second-order valence-corrected chi connectivity index (χ2v) is 8.55. The number of rotatable bonds is 9. The smallest absolute Gasteiger partial charge is 0.220 e. The lowest BCUT2D eigenvalue weighted by Crippen LogP contribution is -2.41. The predicted molar refractivity (Wildman–Crippen MR) is 130 cm³/mol. The first-order chi connectivity index (χ1) is 16.1. The minimum atomic E-state index is -0.180. The Labute approximate surface area is 199 Å². The monoisotopic (exact) mass is 471 g/mol. The number of benzene rings is 2. The molecule has 2 aromatic carbocycles. The molecule has 176 valence electrons. The van der Waals surface area contributed by atoms with Crippen LogP contribution in [0.15, 0.2) is 42.6 Å². The molecule has 8 heteroatoms. The molecule has 1 fully saturated rings. The molecule has 2 N–H and O–H groups in total. The van der Waals surface area contributed by atoms with Gasteiger partial charge in [-0.1, -0.05) is 17.7 Å². The molecule has 1 amide bonds. The van der Waals surface area contributed by atoms with Gasteiger partial charge in [-0.05, 0) is 41.5 Å². The van der Waals surface area contributed by atoms with Crippen LogP contribution in [0.25, 0.3) is 10.9 Å². The van der Waals surface area contributed by atoms with Crippen molar-refractivity contribution in [3.63, 3.8) is 0 Å². The zero-order chi connectivity index (χ0) is 23.2. The van der Waals surface area contributed by atoms with E-state index in [2.05, 4.69) is 15.2 Å². The van der Waals surface area contributed by atoms with Crippen molar-refractivity contribution in [1.29, 1.82) is 0 Å². The lowest BCUT2D eigenvalue weighted by atomic mass is 9.87. The zero-order valence-corrected chi connectivity index (χ0v) is 19.8. The number of ether oxygens (including phenoxy) is 3. The van der Waals surface area contributed by atoms with E-state index in [4.69, 9.17) is 25.8 Å². The summed E-state index contributed by atoms with van der Waals surface area (Å²) in [5, 5.41) is 4.75. The summed E-state index contributed by atoms with van der Waals surface area (Å²) in [7, 11) is 3.22. The van der Waals surface area contributed by atoms with E-state index < -0.39 is 0 Å². The number of methoxy groups -OCH3 is 2. The van der Waals surface area contributed by atoms with E-state index in [1.807, 2.05) is 42.6 Å². The van der Waals surface area contributed by atoms with Crippen LogP contribution in [0.1, 0.15) is 23.5 Å². The van der Waals surface area contributed by atoms with E-state index in [1.165, 1.54) is 0 Å². The third-order valence-electron chi connectivity index (χ3n) is 6.10. The molecule has 0 radical (unpaired) electrons. The summed E-state index contributed by atoms with van der Waals surface area (Å²) in [6.07, 6.45) is 2.27. The number of carbonyl (C=O) groups is 1. The second kappa shape index (κ2) is 10.9. The number of fused-ring (bicyclic) bond motifs is 1. The van der Waals surface area contributed by atoms with Crippen molar-refractivity contribution in [3.05, 3.63) is 58.7 Å². The van der Waals surface area contributed by atoms with Gasteiger partial charge in [-0.2, -0.15) is 0 Å². The average molecular weight is 472 g/mol. The van der Waals surface area contributed by atoms with Crippen LogP contribution in [0.3, 0.4) is 0 Å². The molecule has 0 saturated carbocycles. The van der Waals surface area contributed by atoms with Crippen molar-refractivity contribution in [2.45, 2.75) is 12.3 Å². The third kappa shape index (κ3) is 5.61. The summed E-state index contributed by atoms with van der Waals surface area (Å²) in [5.41, 5.74) is 2.97. The molecule has 1 aliphatic rings. The molecule has 1 atom stereocenters. The Morgan fingerprint density at radius 3 is 2.70 bits per heavy atom. The van der Waals surface area contributed by atoms with Crippen LogP contribution in [0.4, 0.5) is 0 Å². The van der Waals surface area contributed by atoms with Gasteiger partial charge >= 0.3 is 0 Å². The van der Waals surface area contributed by atoms with Gasteiger partial charge in [0.15, 0.2) is 11.5 Å². The van der Waals surface area contributed by atoms with E-state index in [1.54, 1.807) is 14.2 Å². The van der Waals surface area contributed by atoms with E-state index in [0.717, 1.165) is 54.9 Å². The average Bonchev–Trinajstić information content (AvgIpc) is 3.25. The number of hydrogen-bond acceptors (Lipinski definition) is 5. The van der Waals surface area contributed by atoms with Crippen LogP contribution in [-0.4, -0.2) is 69.4 Å². The van der Waals surface area contributed by atoms with Crippen molar-refractivity contribution in [3.8, 4) is 11.5 Å². The molecule has 1 aromatic heterocycles. The van der Waals surface area contributed by atoms with Gasteiger partial charge < -0.3 is 24.5 Å². The van der Waals surface area contributed by atoms with E-state index in [-0.39, 0.29) is 11.8 Å². The number of carbonyl (C=O) groups excluding carboxylic acids is 1. The van der Waals surface area contributed by atoms with Crippen LogP contribution in [-0.2, 0) is 9.53 Å². The zero-order valence-electron chi connectivity index (χ0n) is 19.0. The Morgan fingerprint density at radius 1 is 1.15 bits per heavy atom. The van der Waals surface area contributed by atoms with Crippen molar-refractivity contribution < 1.29 is 19.0 Å². The fourth-order valence-electron chi connectivity index (χ4n) is 4.32. The number of morpholine rings is 1. The largest absolute Gasteiger partial charge is 0.493 e. The van der Waals surface area contributed by atoms with Gasteiger partial charge in [0.1, 0.15) is 0 Å². The summed E-state index contributed by atoms with van der Waals surface area (Å²) < 4.78 is 16.3. The minimum Gasteiger partial charge on any atom is -0.493 e. The number of halogens is 1. The molecule has 3 aromatic rings. The van der Waals surface area contributed by atoms with Crippen molar-refractivity contribution in [2.24, 2.45) is 0 Å². The molecular weight excluding hydrogens is 442 g/mol. The van der Waals surface area contributed by atoms with Crippen molar-refractivity contribution in [2.75, 3.05) is 53.6 Å². The highest BCUT2D eigenvalue weighted by atomic mass is 35.5. The third-order valence-corrected chi connectivity index (χ3v) is 6.34. The van der Waals surface area contributed by atoms with Gasteiger partial charge in [0.05, 0.1) is 27.4 Å². The standard InChI is InChI=1S/C25H30ClN3O4/c1-31-23-6-3-17(13-24(23)32-2)19(21-16-28-22-5-4-18(26)14-20(21)22)15-25(30)27-7-8-29-9-11-33-12-10-29/h3-6,13-14,16,19,28H,7-12,15H2,1-2H3,(H,27,30). The van der Waals surface area contributed by atoms with Gasteiger partial charge in [0.25, 0.3) is 0 Å². The first-order valence-corrected chi connectivity index (χ1v) is 11.5. The van der Waals surface area contributed by atoms with Gasteiger partial charge in [-0.15, -0.1) is 0 Å². The van der Waals surface area contributed by atoms with Gasteiger partial charge in [0, 0.05) is 60.6 Å². The highest BCUT2D eigenvalue weighted by molar-refractivity contribution is 6.31. The van der Waals surface area contributed by atoms with Gasteiger partial charge in [-0.25, -0.2) is 0 Å². The number of aromatic nitrogens is 1. The molecule has 33 heavy (non-hydrogen) atoms. The first-order valence-electron chi connectivity index (χ1n) is 11.1. The Hall–Kier alpha value is -2.74. The summed E-state index contributed by atoms with van der Waals surface area (Å²) in [5.74, 6) is 1.10. The number of amides is 1. The Kier molecular flexibility index (Phi) is 7.75. The summed E-state index contributed by atoms with van der Waals surface area (Å²) in [6, 6.07) is 11.5. The molecule has 1 unspecified atom stereocenters. The minimum absolute atomic E-state index is 0.000535. The quantitative estimate of drug-likeness (QED) is 0.496. The first kappa shape index (κ1) is 23.4. The lowest BCUT2D eigenvalue weighted by Gasteiger charge is -2.26. The lowest BCUT2D eigenvalue weighted by molar-refractivity contribution is -0.121. The number of nitrogens with zero attached hydrogens (tertiary/aromatic N) is 1. The highest BCUT2D eigenvalue weighted by Crippen LogP contribution is 2.38. The number of aromatic amines is 1. The Morgan fingerprint density at radius 2 is 1.94 bits per heavy atom. The second-order valence-electron chi connectivity index (χ2n) is 8.11. The summed E-state index contributed by atoms with van der Waals surface area (Å²) in [6.45, 7) is 4.73. The summed E-state index contributed by atoms with van der Waals surface area (Å²) in [4.78, 5) is 18.6. The molecule has 0 spiro atoms. The Balaban J connectivity index is 1.57. The molecule has 4 rings (SSSR count). The molecule has 0 aliphatic carbocycles. The van der Waals surface area contributed by atoms with Gasteiger partial charge in [-0.3, -0.25) is 9.69 Å².